The molecule has 0 fully saturated rings. The van der Waals surface area contributed by atoms with Gasteiger partial charge in [0.05, 0.1) is 22.4 Å². The molecule has 0 unspecified atom stereocenters. The number of rotatable bonds is 12. The molecule has 2 heterocycles. The van der Waals surface area contributed by atoms with Gasteiger partial charge in [-0.15, -0.1) is 16.4 Å². The molecule has 42 heavy (non-hydrogen) atoms. The number of nitrogens with one attached hydrogen (secondary N) is 3. The summed E-state index contributed by atoms with van der Waals surface area (Å²) in [4.78, 5) is 40.3. The lowest BCUT2D eigenvalue weighted by atomic mass is 9.94. The number of carbonyl (C=O) groups is 3. The van der Waals surface area contributed by atoms with E-state index in [1.54, 1.807) is 18.2 Å². The standard InChI is InChI=1S/C32H39N5O4S/c1-6-7-11-18-41-31(40)37-30-25(19-26(42-30)29(39)35-32(4,5)24-12-9-8-10-13-24)27(36-37)34-28(38)23-16-14-22(15-17-23)20-33-21(2)3/h8-10,12-17,19,21,33H,6-7,11,18,20H2,1-5H3,(H,35,39)(H,34,36,38). The van der Waals surface area contributed by atoms with Crippen LogP contribution in [0.4, 0.5) is 10.6 Å². The third-order valence-electron chi connectivity index (χ3n) is 6.81. The molecule has 0 saturated carbocycles. The van der Waals surface area contributed by atoms with Crippen molar-refractivity contribution in [2.75, 3.05) is 11.9 Å². The van der Waals surface area contributed by atoms with Crippen LogP contribution in [0.3, 0.4) is 0 Å². The van der Waals surface area contributed by atoms with Gasteiger partial charge in [0.15, 0.2) is 5.82 Å². The fraction of sp³-hybridized carbons (Fsp3) is 0.375. The van der Waals surface area contributed by atoms with Crippen LogP contribution in [-0.4, -0.2) is 40.3 Å². The number of hydrogen-bond donors (Lipinski definition) is 3. The summed E-state index contributed by atoms with van der Waals surface area (Å²) in [6, 6.07) is 19.0. The minimum atomic E-state index is -0.656. The van der Waals surface area contributed by atoms with Crippen molar-refractivity contribution in [2.45, 2.75) is 72.0 Å². The van der Waals surface area contributed by atoms with Crippen LogP contribution in [-0.2, 0) is 16.8 Å². The molecule has 10 heteroatoms. The van der Waals surface area contributed by atoms with E-state index in [1.165, 1.54) is 0 Å². The van der Waals surface area contributed by atoms with Crippen molar-refractivity contribution < 1.29 is 19.1 Å². The lowest BCUT2D eigenvalue weighted by Crippen LogP contribution is -2.40. The highest BCUT2D eigenvalue weighted by molar-refractivity contribution is 7.20. The van der Waals surface area contributed by atoms with Crippen LogP contribution in [0.25, 0.3) is 10.2 Å². The monoisotopic (exact) mass is 589 g/mol. The summed E-state index contributed by atoms with van der Waals surface area (Å²) in [7, 11) is 0. The number of amides is 2. The van der Waals surface area contributed by atoms with Crippen molar-refractivity contribution in [3.63, 3.8) is 0 Å². The van der Waals surface area contributed by atoms with Crippen molar-refractivity contribution in [2.24, 2.45) is 0 Å². The normalized spacial score (nSPS) is 11.6. The average Bonchev–Trinajstić information content (AvgIpc) is 3.55. The van der Waals surface area contributed by atoms with E-state index in [-0.39, 0.29) is 24.2 Å². The fourth-order valence-electron chi connectivity index (χ4n) is 4.36. The lowest BCUT2D eigenvalue weighted by Gasteiger charge is -2.26. The minimum absolute atomic E-state index is 0.184. The van der Waals surface area contributed by atoms with Gasteiger partial charge in [0, 0.05) is 18.2 Å². The van der Waals surface area contributed by atoms with Gasteiger partial charge in [0.1, 0.15) is 4.83 Å². The second-order valence-electron chi connectivity index (χ2n) is 11.0. The van der Waals surface area contributed by atoms with Gasteiger partial charge in [-0.1, -0.05) is 76.1 Å². The van der Waals surface area contributed by atoms with E-state index in [2.05, 4.69) is 41.8 Å². The molecule has 2 aromatic heterocycles. The van der Waals surface area contributed by atoms with Gasteiger partial charge in [-0.2, -0.15) is 4.68 Å². The summed E-state index contributed by atoms with van der Waals surface area (Å²) in [5.41, 5.74) is 1.84. The Morgan fingerprint density at radius 1 is 1.00 bits per heavy atom. The summed E-state index contributed by atoms with van der Waals surface area (Å²) < 4.78 is 6.58. The Bertz CT molecular complexity index is 1520. The SMILES string of the molecule is CCCCCOC(=O)n1nc(NC(=O)c2ccc(CNC(C)C)cc2)c2cc(C(=O)NC(C)(C)c3ccccc3)sc21. The predicted octanol–water partition coefficient (Wildman–Crippen LogP) is 6.69. The van der Waals surface area contributed by atoms with Crippen LogP contribution in [0.5, 0.6) is 0 Å². The van der Waals surface area contributed by atoms with E-state index in [4.69, 9.17) is 4.74 Å². The zero-order chi connectivity index (χ0) is 30.3. The number of anilines is 1. The third kappa shape index (κ3) is 7.63. The Morgan fingerprint density at radius 2 is 1.71 bits per heavy atom. The number of benzene rings is 2. The number of ether oxygens (including phenoxy) is 1. The number of hydrogen-bond acceptors (Lipinski definition) is 7. The summed E-state index contributed by atoms with van der Waals surface area (Å²) in [6.45, 7) is 11.0. The number of carbonyl (C=O) groups excluding carboxylic acids is 3. The van der Waals surface area contributed by atoms with Crippen molar-refractivity contribution in [3.05, 3.63) is 82.2 Å². The first kappa shape index (κ1) is 30.9. The van der Waals surface area contributed by atoms with Crippen LogP contribution < -0.4 is 16.0 Å². The van der Waals surface area contributed by atoms with Crippen LogP contribution in [0.15, 0.2) is 60.7 Å². The molecule has 0 spiro atoms. The number of aromatic nitrogens is 2. The first-order valence-corrected chi connectivity index (χ1v) is 15.1. The summed E-state index contributed by atoms with van der Waals surface area (Å²) in [6.07, 6.45) is 2.02. The Labute approximate surface area is 250 Å². The second-order valence-corrected chi connectivity index (χ2v) is 12.1. The van der Waals surface area contributed by atoms with Gasteiger partial charge < -0.3 is 20.7 Å². The molecule has 0 bridgehead atoms. The minimum Gasteiger partial charge on any atom is -0.448 e. The molecular weight excluding hydrogens is 550 g/mol. The Morgan fingerprint density at radius 3 is 2.38 bits per heavy atom. The second kappa shape index (κ2) is 13.8. The van der Waals surface area contributed by atoms with E-state index in [1.807, 2.05) is 56.3 Å². The molecule has 9 nitrogen and oxygen atoms in total. The Kier molecular flexibility index (Phi) is 10.1. The van der Waals surface area contributed by atoms with E-state index in [0.29, 0.717) is 33.2 Å². The van der Waals surface area contributed by atoms with Crippen LogP contribution in [0.1, 0.15) is 85.0 Å². The predicted molar refractivity (Wildman–Crippen MR) is 167 cm³/mol. The van der Waals surface area contributed by atoms with Gasteiger partial charge in [0.25, 0.3) is 11.8 Å². The van der Waals surface area contributed by atoms with E-state index in [9.17, 15) is 14.4 Å². The molecule has 3 N–H and O–H groups in total. The van der Waals surface area contributed by atoms with Crippen LogP contribution >= 0.6 is 11.3 Å². The Hall–Kier alpha value is -4.02. The lowest BCUT2D eigenvalue weighted by molar-refractivity contribution is 0.0915. The van der Waals surface area contributed by atoms with E-state index >= 15 is 0 Å². The fourth-order valence-corrected chi connectivity index (χ4v) is 5.35. The summed E-state index contributed by atoms with van der Waals surface area (Å²) in [5.74, 6) is -0.483. The molecule has 4 rings (SSSR count). The maximum atomic E-state index is 13.4. The van der Waals surface area contributed by atoms with E-state index in [0.717, 1.165) is 46.4 Å². The van der Waals surface area contributed by atoms with Gasteiger partial charge in [-0.25, -0.2) is 4.79 Å². The van der Waals surface area contributed by atoms with Crippen LogP contribution in [0, 0.1) is 0 Å². The first-order valence-electron chi connectivity index (χ1n) is 14.3. The third-order valence-corrected chi connectivity index (χ3v) is 7.92. The Balaban J connectivity index is 1.59. The number of fused-ring (bicyclic) bond motifs is 1. The van der Waals surface area contributed by atoms with Crippen molar-refractivity contribution >= 4 is 45.3 Å². The molecule has 0 saturated heterocycles. The molecule has 222 valence electrons. The highest BCUT2D eigenvalue weighted by atomic mass is 32.1. The van der Waals surface area contributed by atoms with Gasteiger partial charge in [0.2, 0.25) is 0 Å². The van der Waals surface area contributed by atoms with Crippen molar-refractivity contribution in [1.29, 1.82) is 0 Å². The first-order chi connectivity index (χ1) is 20.1. The quantitative estimate of drug-likeness (QED) is 0.159. The number of nitrogens with zero attached hydrogens (tertiary/aromatic N) is 2. The largest absolute Gasteiger partial charge is 0.448 e. The highest BCUT2D eigenvalue weighted by Crippen LogP contribution is 2.33. The molecule has 0 radical (unpaired) electrons. The van der Waals surface area contributed by atoms with Gasteiger partial charge >= 0.3 is 6.09 Å². The molecular formula is C32H39N5O4S. The summed E-state index contributed by atoms with van der Waals surface area (Å²) >= 11 is 1.12. The van der Waals surface area contributed by atoms with Gasteiger partial charge in [-0.3, -0.25) is 9.59 Å². The molecule has 2 aromatic carbocycles. The van der Waals surface area contributed by atoms with E-state index < -0.39 is 11.6 Å². The molecule has 0 aliphatic heterocycles. The number of thiophene rings is 1. The highest BCUT2D eigenvalue weighted by Gasteiger charge is 2.27. The summed E-state index contributed by atoms with van der Waals surface area (Å²) in [5, 5.41) is 14.1. The van der Waals surface area contributed by atoms with Gasteiger partial charge in [-0.05, 0) is 49.6 Å². The number of unbranched alkanes of at least 4 members (excludes halogenated alkanes) is 2. The molecule has 4 aromatic rings. The molecule has 0 aliphatic carbocycles. The van der Waals surface area contributed by atoms with Crippen LogP contribution in [0.2, 0.25) is 0 Å². The maximum Gasteiger partial charge on any atom is 0.436 e. The van der Waals surface area contributed by atoms with Crippen molar-refractivity contribution in [3.8, 4) is 0 Å². The molecule has 0 atom stereocenters. The topological polar surface area (TPSA) is 114 Å². The van der Waals surface area contributed by atoms with Crippen molar-refractivity contribution in [1.82, 2.24) is 20.4 Å². The zero-order valence-corrected chi connectivity index (χ0v) is 25.6. The average molecular weight is 590 g/mol. The smallest absolute Gasteiger partial charge is 0.436 e. The zero-order valence-electron chi connectivity index (χ0n) is 24.8. The molecule has 0 aliphatic rings. The maximum absolute atomic E-state index is 13.4. The molecule has 2 amide bonds.